The van der Waals surface area contributed by atoms with E-state index in [0.717, 1.165) is 0 Å². The minimum atomic E-state index is -0.213. The number of hydrogen-bond donors (Lipinski definition) is 3. The molecule has 6 nitrogen and oxygen atoms in total. The first kappa shape index (κ1) is 11.1. The summed E-state index contributed by atoms with van der Waals surface area (Å²) in [5.74, 6) is 0.367. The standard InChI is InChI=1S/C11H13N5O/c1-2-12-10-9(4-3-5-13-10)11(17)16-8-6-14-15-7-8/h3-7H,2H2,1H3,(H,12,13)(H,14,15)(H,16,17). The van der Waals surface area contributed by atoms with Crippen molar-refractivity contribution in [1.29, 1.82) is 0 Å². The highest BCUT2D eigenvalue weighted by Crippen LogP contribution is 2.13. The Labute approximate surface area is 98.5 Å². The van der Waals surface area contributed by atoms with Crippen LogP contribution in [0.1, 0.15) is 17.3 Å². The Morgan fingerprint density at radius 1 is 1.53 bits per heavy atom. The third-order valence-electron chi connectivity index (χ3n) is 2.15. The predicted molar refractivity (Wildman–Crippen MR) is 64.9 cm³/mol. The van der Waals surface area contributed by atoms with Crippen LogP contribution in [0, 0.1) is 0 Å². The molecule has 0 unspecified atom stereocenters. The van der Waals surface area contributed by atoms with Gasteiger partial charge in [-0.05, 0) is 19.1 Å². The summed E-state index contributed by atoms with van der Waals surface area (Å²) in [5, 5.41) is 12.2. The van der Waals surface area contributed by atoms with Crippen LogP contribution in [0.3, 0.4) is 0 Å². The van der Waals surface area contributed by atoms with Gasteiger partial charge in [-0.2, -0.15) is 5.10 Å². The molecule has 2 aromatic rings. The lowest BCUT2D eigenvalue weighted by molar-refractivity contribution is 0.102. The average molecular weight is 231 g/mol. The van der Waals surface area contributed by atoms with Crippen LogP contribution in [0.4, 0.5) is 11.5 Å². The molecule has 0 bridgehead atoms. The van der Waals surface area contributed by atoms with Crippen molar-refractivity contribution >= 4 is 17.4 Å². The van der Waals surface area contributed by atoms with E-state index in [1.807, 2.05) is 6.92 Å². The van der Waals surface area contributed by atoms with Gasteiger partial charge in [0.1, 0.15) is 5.82 Å². The van der Waals surface area contributed by atoms with Crippen molar-refractivity contribution in [3.05, 3.63) is 36.3 Å². The van der Waals surface area contributed by atoms with Crippen LogP contribution in [0.5, 0.6) is 0 Å². The molecule has 88 valence electrons. The topological polar surface area (TPSA) is 82.7 Å². The molecule has 0 fully saturated rings. The van der Waals surface area contributed by atoms with Gasteiger partial charge in [-0.25, -0.2) is 4.98 Å². The van der Waals surface area contributed by atoms with E-state index in [2.05, 4.69) is 25.8 Å². The Balaban J connectivity index is 2.18. The van der Waals surface area contributed by atoms with E-state index >= 15 is 0 Å². The molecule has 6 heteroatoms. The minimum absolute atomic E-state index is 0.213. The van der Waals surface area contributed by atoms with Crippen molar-refractivity contribution in [2.24, 2.45) is 0 Å². The maximum absolute atomic E-state index is 12.0. The SMILES string of the molecule is CCNc1ncccc1C(=O)Nc1cn[nH]c1. The zero-order chi connectivity index (χ0) is 12.1. The van der Waals surface area contributed by atoms with Crippen LogP contribution >= 0.6 is 0 Å². The summed E-state index contributed by atoms with van der Waals surface area (Å²) in [6.07, 6.45) is 4.80. The molecule has 3 N–H and O–H groups in total. The predicted octanol–water partition coefficient (Wildman–Crippen LogP) is 1.49. The van der Waals surface area contributed by atoms with E-state index in [9.17, 15) is 4.79 Å². The molecule has 0 spiro atoms. The second kappa shape index (κ2) is 5.11. The van der Waals surface area contributed by atoms with Gasteiger partial charge >= 0.3 is 0 Å². The number of anilines is 2. The number of aromatic amines is 1. The van der Waals surface area contributed by atoms with E-state index in [-0.39, 0.29) is 5.91 Å². The van der Waals surface area contributed by atoms with Crippen molar-refractivity contribution in [3.63, 3.8) is 0 Å². The number of rotatable bonds is 4. The lowest BCUT2D eigenvalue weighted by atomic mass is 10.2. The summed E-state index contributed by atoms with van der Waals surface area (Å²) >= 11 is 0. The summed E-state index contributed by atoms with van der Waals surface area (Å²) in [5.41, 5.74) is 1.14. The number of aromatic nitrogens is 3. The van der Waals surface area contributed by atoms with Gasteiger partial charge < -0.3 is 10.6 Å². The average Bonchev–Trinajstić information content (AvgIpc) is 2.83. The molecule has 0 radical (unpaired) electrons. The van der Waals surface area contributed by atoms with Crippen molar-refractivity contribution in [2.75, 3.05) is 17.2 Å². The first-order valence-corrected chi connectivity index (χ1v) is 5.30. The van der Waals surface area contributed by atoms with Crippen LogP contribution in [-0.2, 0) is 0 Å². The Bertz CT molecular complexity index is 494. The van der Waals surface area contributed by atoms with Gasteiger partial charge in [0.05, 0.1) is 17.4 Å². The van der Waals surface area contributed by atoms with Crippen molar-refractivity contribution in [2.45, 2.75) is 6.92 Å². The lowest BCUT2D eigenvalue weighted by Crippen LogP contribution is -2.15. The molecule has 2 rings (SSSR count). The van der Waals surface area contributed by atoms with Crippen LogP contribution in [0.15, 0.2) is 30.7 Å². The summed E-state index contributed by atoms with van der Waals surface area (Å²) < 4.78 is 0. The van der Waals surface area contributed by atoms with Crippen LogP contribution in [-0.4, -0.2) is 27.6 Å². The van der Waals surface area contributed by atoms with Gasteiger partial charge in [-0.1, -0.05) is 0 Å². The zero-order valence-electron chi connectivity index (χ0n) is 9.40. The van der Waals surface area contributed by atoms with E-state index in [0.29, 0.717) is 23.6 Å². The summed E-state index contributed by atoms with van der Waals surface area (Å²) in [4.78, 5) is 16.1. The first-order chi connectivity index (χ1) is 8.31. The molecular formula is C11H13N5O. The Morgan fingerprint density at radius 2 is 2.41 bits per heavy atom. The molecule has 0 aliphatic rings. The fourth-order valence-electron chi connectivity index (χ4n) is 1.41. The monoisotopic (exact) mass is 231 g/mol. The van der Waals surface area contributed by atoms with E-state index in [1.54, 1.807) is 30.7 Å². The van der Waals surface area contributed by atoms with Crippen LogP contribution in [0.2, 0.25) is 0 Å². The highest BCUT2D eigenvalue weighted by Gasteiger charge is 2.11. The molecule has 0 saturated carbocycles. The van der Waals surface area contributed by atoms with E-state index in [4.69, 9.17) is 0 Å². The minimum Gasteiger partial charge on any atom is -0.370 e. The van der Waals surface area contributed by atoms with Gasteiger partial charge in [-0.15, -0.1) is 0 Å². The Hall–Kier alpha value is -2.37. The quantitative estimate of drug-likeness (QED) is 0.744. The molecule has 2 aromatic heterocycles. The van der Waals surface area contributed by atoms with Gasteiger partial charge in [0.2, 0.25) is 0 Å². The molecule has 0 aromatic carbocycles. The highest BCUT2D eigenvalue weighted by molar-refractivity contribution is 6.07. The zero-order valence-corrected chi connectivity index (χ0v) is 9.40. The number of carbonyl (C=O) groups excluding carboxylic acids is 1. The van der Waals surface area contributed by atoms with Crippen LogP contribution < -0.4 is 10.6 Å². The molecular weight excluding hydrogens is 218 g/mol. The summed E-state index contributed by atoms with van der Waals surface area (Å²) in [7, 11) is 0. The van der Waals surface area contributed by atoms with Crippen molar-refractivity contribution < 1.29 is 4.79 Å². The molecule has 0 aliphatic carbocycles. The maximum Gasteiger partial charge on any atom is 0.259 e. The number of pyridine rings is 1. The van der Waals surface area contributed by atoms with Gasteiger partial charge in [0, 0.05) is 18.9 Å². The fourth-order valence-corrected chi connectivity index (χ4v) is 1.41. The molecule has 0 atom stereocenters. The summed E-state index contributed by atoms with van der Waals surface area (Å²) in [6.45, 7) is 2.66. The molecule has 17 heavy (non-hydrogen) atoms. The third kappa shape index (κ3) is 2.60. The summed E-state index contributed by atoms with van der Waals surface area (Å²) in [6, 6.07) is 3.45. The third-order valence-corrected chi connectivity index (χ3v) is 2.15. The van der Waals surface area contributed by atoms with E-state index < -0.39 is 0 Å². The molecule has 2 heterocycles. The smallest absolute Gasteiger partial charge is 0.259 e. The number of nitrogens with zero attached hydrogens (tertiary/aromatic N) is 2. The number of hydrogen-bond acceptors (Lipinski definition) is 4. The fraction of sp³-hybridized carbons (Fsp3) is 0.182. The van der Waals surface area contributed by atoms with Crippen LogP contribution in [0.25, 0.3) is 0 Å². The van der Waals surface area contributed by atoms with Gasteiger partial charge in [-0.3, -0.25) is 9.89 Å². The molecule has 0 saturated heterocycles. The number of carbonyl (C=O) groups is 1. The van der Waals surface area contributed by atoms with Gasteiger partial charge in [0.25, 0.3) is 5.91 Å². The van der Waals surface area contributed by atoms with Crippen molar-refractivity contribution in [3.8, 4) is 0 Å². The van der Waals surface area contributed by atoms with Crippen molar-refractivity contribution in [1.82, 2.24) is 15.2 Å². The number of H-pyrrole nitrogens is 1. The first-order valence-electron chi connectivity index (χ1n) is 5.30. The van der Waals surface area contributed by atoms with E-state index in [1.165, 1.54) is 0 Å². The second-order valence-corrected chi connectivity index (χ2v) is 3.37. The number of amides is 1. The Kier molecular flexibility index (Phi) is 3.34. The largest absolute Gasteiger partial charge is 0.370 e. The molecule has 1 amide bonds. The highest BCUT2D eigenvalue weighted by atomic mass is 16.1. The lowest BCUT2D eigenvalue weighted by Gasteiger charge is -2.08. The number of nitrogens with one attached hydrogen (secondary N) is 3. The molecule has 0 aliphatic heterocycles. The maximum atomic E-state index is 12.0. The Morgan fingerprint density at radius 3 is 3.12 bits per heavy atom. The normalized spacial score (nSPS) is 9.94. The second-order valence-electron chi connectivity index (χ2n) is 3.37. The van der Waals surface area contributed by atoms with Gasteiger partial charge in [0.15, 0.2) is 0 Å².